The van der Waals surface area contributed by atoms with Crippen molar-refractivity contribution in [2.24, 2.45) is 0 Å². The molecule has 0 saturated carbocycles. The van der Waals surface area contributed by atoms with Crippen LogP contribution in [-0.2, 0) is 6.54 Å². The van der Waals surface area contributed by atoms with E-state index in [0.717, 1.165) is 39.4 Å². The van der Waals surface area contributed by atoms with Gasteiger partial charge in [-0.25, -0.2) is 4.98 Å². The van der Waals surface area contributed by atoms with Crippen molar-refractivity contribution < 1.29 is 4.74 Å². The van der Waals surface area contributed by atoms with Crippen molar-refractivity contribution in [3.05, 3.63) is 65.4 Å². The molecule has 0 aliphatic heterocycles. The first-order chi connectivity index (χ1) is 14.0. The van der Waals surface area contributed by atoms with Gasteiger partial charge in [-0.3, -0.25) is 9.67 Å². The summed E-state index contributed by atoms with van der Waals surface area (Å²) in [6.45, 7) is 4.78. The number of nitrogens with zero attached hydrogens (tertiary/aromatic N) is 4. The number of fused-ring (bicyclic) bond motifs is 1. The zero-order valence-electron chi connectivity index (χ0n) is 16.6. The van der Waals surface area contributed by atoms with Gasteiger partial charge in [-0.1, -0.05) is 23.7 Å². The molecule has 148 valence electrons. The van der Waals surface area contributed by atoms with Gasteiger partial charge < -0.3 is 10.1 Å². The van der Waals surface area contributed by atoms with Gasteiger partial charge in [0.1, 0.15) is 17.3 Å². The Morgan fingerprint density at radius 3 is 2.52 bits per heavy atom. The minimum absolute atomic E-state index is 0.234. The molecule has 0 unspecified atom stereocenters. The van der Waals surface area contributed by atoms with Gasteiger partial charge in [0.15, 0.2) is 0 Å². The minimum Gasteiger partial charge on any atom is -0.497 e. The third kappa shape index (κ3) is 4.03. The van der Waals surface area contributed by atoms with Crippen LogP contribution in [0.25, 0.3) is 22.3 Å². The monoisotopic (exact) mass is 407 g/mol. The Bertz CT molecular complexity index is 1140. The molecule has 4 rings (SSSR count). The highest BCUT2D eigenvalue weighted by Gasteiger charge is 2.18. The van der Waals surface area contributed by atoms with Crippen molar-refractivity contribution >= 4 is 28.3 Å². The van der Waals surface area contributed by atoms with Gasteiger partial charge in [0.25, 0.3) is 0 Å². The van der Waals surface area contributed by atoms with E-state index in [4.69, 9.17) is 21.4 Å². The molecule has 0 saturated heterocycles. The van der Waals surface area contributed by atoms with Crippen LogP contribution in [0.4, 0.5) is 5.82 Å². The molecule has 0 fully saturated rings. The van der Waals surface area contributed by atoms with Crippen LogP contribution < -0.4 is 10.1 Å². The molecule has 6 nitrogen and oxygen atoms in total. The molecule has 0 atom stereocenters. The average molecular weight is 408 g/mol. The topological polar surface area (TPSA) is 64.9 Å². The molecule has 1 N–H and O–H groups in total. The molecule has 0 aliphatic rings. The molecular formula is C22H22ClN5O. The van der Waals surface area contributed by atoms with Crippen molar-refractivity contribution in [2.75, 3.05) is 12.4 Å². The van der Waals surface area contributed by atoms with Gasteiger partial charge in [0.2, 0.25) is 0 Å². The lowest BCUT2D eigenvalue weighted by atomic mass is 10.1. The van der Waals surface area contributed by atoms with E-state index in [2.05, 4.69) is 29.1 Å². The van der Waals surface area contributed by atoms with E-state index in [0.29, 0.717) is 11.6 Å². The Kier molecular flexibility index (Phi) is 5.36. The summed E-state index contributed by atoms with van der Waals surface area (Å²) in [5, 5.41) is 9.87. The van der Waals surface area contributed by atoms with Crippen LogP contribution in [0.15, 0.2) is 54.9 Å². The summed E-state index contributed by atoms with van der Waals surface area (Å²) in [6, 6.07) is 13.8. The summed E-state index contributed by atoms with van der Waals surface area (Å²) in [5.41, 5.74) is 3.58. The largest absolute Gasteiger partial charge is 0.497 e. The third-order valence-corrected chi connectivity index (χ3v) is 4.78. The van der Waals surface area contributed by atoms with E-state index in [1.165, 1.54) is 0 Å². The highest BCUT2D eigenvalue weighted by molar-refractivity contribution is 6.30. The predicted molar refractivity (Wildman–Crippen MR) is 117 cm³/mol. The maximum atomic E-state index is 6.22. The molecule has 3 heterocycles. The van der Waals surface area contributed by atoms with Gasteiger partial charge in [-0.15, -0.1) is 0 Å². The van der Waals surface area contributed by atoms with Crippen LogP contribution in [0.3, 0.4) is 0 Å². The van der Waals surface area contributed by atoms with Crippen molar-refractivity contribution in [3.63, 3.8) is 0 Å². The second kappa shape index (κ2) is 8.09. The molecule has 0 bridgehead atoms. The van der Waals surface area contributed by atoms with E-state index in [9.17, 15) is 0 Å². The van der Waals surface area contributed by atoms with Crippen molar-refractivity contribution in [3.8, 4) is 17.1 Å². The molecule has 29 heavy (non-hydrogen) atoms. The van der Waals surface area contributed by atoms with Gasteiger partial charge in [-0.2, -0.15) is 5.10 Å². The first kappa shape index (κ1) is 19.2. The smallest absolute Gasteiger partial charge is 0.137 e. The molecule has 7 heteroatoms. The second-order valence-corrected chi connectivity index (χ2v) is 7.50. The standard InChI is InChI=1S/C22H22ClN5O/c1-14(2)26-22-20-19(9-11-25-22)28(13-15-4-6-17(29-3)7-5-15)27-21(20)18-12-16(23)8-10-24-18/h4-12,14H,13H2,1-3H3,(H,25,26). The summed E-state index contributed by atoms with van der Waals surface area (Å²) in [5.74, 6) is 1.62. The van der Waals surface area contributed by atoms with E-state index >= 15 is 0 Å². The number of hydrogen-bond acceptors (Lipinski definition) is 5. The fraction of sp³-hybridized carbons (Fsp3) is 0.227. The fourth-order valence-electron chi connectivity index (χ4n) is 3.25. The number of halogens is 1. The Labute approximate surface area is 174 Å². The SMILES string of the molecule is COc1ccc(Cn2nc(-c3cc(Cl)ccn3)c3c(NC(C)C)nccc32)cc1. The molecular weight excluding hydrogens is 386 g/mol. The lowest BCUT2D eigenvalue weighted by Gasteiger charge is -2.11. The molecule has 0 radical (unpaired) electrons. The van der Waals surface area contributed by atoms with E-state index in [1.807, 2.05) is 41.1 Å². The van der Waals surface area contributed by atoms with Crippen LogP contribution in [0.5, 0.6) is 5.75 Å². The normalized spacial score (nSPS) is 11.2. The zero-order valence-corrected chi connectivity index (χ0v) is 17.3. The number of pyridine rings is 2. The van der Waals surface area contributed by atoms with Gasteiger partial charge in [0, 0.05) is 23.5 Å². The Morgan fingerprint density at radius 1 is 1.07 bits per heavy atom. The van der Waals surface area contributed by atoms with Crippen molar-refractivity contribution in [1.29, 1.82) is 0 Å². The zero-order chi connectivity index (χ0) is 20.4. The quantitative estimate of drug-likeness (QED) is 0.486. The number of ether oxygens (including phenoxy) is 1. The Hall–Kier alpha value is -3.12. The number of hydrogen-bond donors (Lipinski definition) is 1. The lowest BCUT2D eigenvalue weighted by Crippen LogP contribution is -2.11. The molecule has 4 aromatic rings. The van der Waals surface area contributed by atoms with Gasteiger partial charge >= 0.3 is 0 Å². The first-order valence-electron chi connectivity index (χ1n) is 9.42. The number of aromatic nitrogens is 4. The average Bonchev–Trinajstić information content (AvgIpc) is 3.08. The van der Waals surface area contributed by atoms with Crippen molar-refractivity contribution in [2.45, 2.75) is 26.4 Å². The summed E-state index contributed by atoms with van der Waals surface area (Å²) in [7, 11) is 1.66. The molecule has 3 aromatic heterocycles. The minimum atomic E-state index is 0.234. The number of rotatable bonds is 6. The maximum Gasteiger partial charge on any atom is 0.137 e. The van der Waals surface area contributed by atoms with Crippen LogP contribution in [0, 0.1) is 0 Å². The molecule has 1 aromatic carbocycles. The maximum absolute atomic E-state index is 6.22. The summed E-state index contributed by atoms with van der Waals surface area (Å²) in [4.78, 5) is 9.05. The number of anilines is 1. The molecule has 0 amide bonds. The third-order valence-electron chi connectivity index (χ3n) is 4.55. The Balaban J connectivity index is 1.86. The highest BCUT2D eigenvalue weighted by Crippen LogP contribution is 2.33. The summed E-state index contributed by atoms with van der Waals surface area (Å²) >= 11 is 6.22. The highest BCUT2D eigenvalue weighted by atomic mass is 35.5. The molecule has 0 aliphatic carbocycles. The van der Waals surface area contributed by atoms with Gasteiger partial charge in [0.05, 0.1) is 30.3 Å². The molecule has 0 spiro atoms. The Morgan fingerprint density at radius 2 is 1.83 bits per heavy atom. The van der Waals surface area contributed by atoms with E-state index < -0.39 is 0 Å². The van der Waals surface area contributed by atoms with Crippen LogP contribution in [0.1, 0.15) is 19.4 Å². The van der Waals surface area contributed by atoms with Crippen LogP contribution in [-0.4, -0.2) is 32.9 Å². The van der Waals surface area contributed by atoms with Crippen molar-refractivity contribution in [1.82, 2.24) is 19.7 Å². The number of benzene rings is 1. The first-order valence-corrected chi connectivity index (χ1v) is 9.80. The number of methoxy groups -OCH3 is 1. The predicted octanol–water partition coefficient (Wildman–Crippen LogP) is 5.02. The summed E-state index contributed by atoms with van der Waals surface area (Å²) < 4.78 is 7.23. The number of nitrogens with one attached hydrogen (secondary N) is 1. The summed E-state index contributed by atoms with van der Waals surface area (Å²) in [6.07, 6.45) is 3.49. The fourth-order valence-corrected chi connectivity index (χ4v) is 3.41. The van der Waals surface area contributed by atoms with Gasteiger partial charge in [-0.05, 0) is 49.7 Å². The van der Waals surface area contributed by atoms with E-state index in [-0.39, 0.29) is 6.04 Å². The second-order valence-electron chi connectivity index (χ2n) is 7.07. The lowest BCUT2D eigenvalue weighted by molar-refractivity contribution is 0.414. The van der Waals surface area contributed by atoms with Crippen LogP contribution in [0.2, 0.25) is 5.02 Å². The van der Waals surface area contributed by atoms with E-state index in [1.54, 1.807) is 25.6 Å². The van der Waals surface area contributed by atoms with Crippen LogP contribution >= 0.6 is 11.6 Å².